The lowest BCUT2D eigenvalue weighted by Gasteiger charge is -2.36. The number of hydrogen-bond donors (Lipinski definition) is 0. The molecule has 0 saturated carbocycles. The Morgan fingerprint density at radius 1 is 1.00 bits per heavy atom. The van der Waals surface area contributed by atoms with Crippen molar-refractivity contribution >= 4 is 27.5 Å². The predicted molar refractivity (Wildman–Crippen MR) is 88.6 cm³/mol. The lowest BCUT2D eigenvalue weighted by Crippen LogP contribution is -2.49. The lowest BCUT2D eigenvalue weighted by molar-refractivity contribution is 0.0745. The molecule has 1 saturated heterocycles. The number of nitrogens with zero attached hydrogens (tertiary/aromatic N) is 2. The minimum absolute atomic E-state index is 0.148. The van der Waals surface area contributed by atoms with Crippen LogP contribution in [-0.2, 0) is 0 Å². The van der Waals surface area contributed by atoms with E-state index in [1.165, 1.54) is 24.3 Å². The maximum absolute atomic E-state index is 13.8. The summed E-state index contributed by atoms with van der Waals surface area (Å²) < 4.78 is 27.4. The van der Waals surface area contributed by atoms with E-state index in [4.69, 9.17) is 0 Å². The molecule has 0 atom stereocenters. The fourth-order valence-corrected chi connectivity index (χ4v) is 3.21. The Labute approximate surface area is 141 Å². The first kappa shape index (κ1) is 15.9. The molecule has 1 amide bonds. The van der Waals surface area contributed by atoms with E-state index in [9.17, 15) is 13.6 Å². The minimum atomic E-state index is -0.391. The van der Waals surface area contributed by atoms with Crippen molar-refractivity contribution in [3.63, 3.8) is 0 Å². The molecule has 0 unspecified atom stereocenters. The molecular weight excluding hydrogens is 366 g/mol. The third-order valence-corrected chi connectivity index (χ3v) is 4.58. The van der Waals surface area contributed by atoms with Crippen LogP contribution in [0, 0.1) is 11.6 Å². The Kier molecular flexibility index (Phi) is 4.61. The van der Waals surface area contributed by atoms with E-state index >= 15 is 0 Å². The maximum atomic E-state index is 13.8. The summed E-state index contributed by atoms with van der Waals surface area (Å²) in [6, 6.07) is 10.7. The van der Waals surface area contributed by atoms with Crippen LogP contribution in [0.5, 0.6) is 0 Å². The van der Waals surface area contributed by atoms with Crippen LogP contribution in [0.15, 0.2) is 46.9 Å². The second kappa shape index (κ2) is 6.66. The van der Waals surface area contributed by atoms with Gasteiger partial charge in [-0.15, -0.1) is 0 Å². The highest BCUT2D eigenvalue weighted by molar-refractivity contribution is 9.10. The summed E-state index contributed by atoms with van der Waals surface area (Å²) in [6.07, 6.45) is 0. The molecule has 2 aromatic rings. The minimum Gasteiger partial charge on any atom is -0.366 e. The molecule has 0 bridgehead atoms. The van der Waals surface area contributed by atoms with Crippen molar-refractivity contribution in [1.29, 1.82) is 0 Å². The number of carbonyl (C=O) groups is 1. The normalized spacial score (nSPS) is 14.9. The SMILES string of the molecule is O=C(c1ccc(F)cc1Br)N1CCN(c2ccccc2F)CC1. The van der Waals surface area contributed by atoms with Gasteiger partial charge in [-0.1, -0.05) is 12.1 Å². The number of benzene rings is 2. The van der Waals surface area contributed by atoms with Gasteiger partial charge in [0.15, 0.2) is 0 Å². The molecule has 3 rings (SSSR count). The number of halogens is 3. The third-order valence-electron chi connectivity index (χ3n) is 3.92. The molecule has 1 heterocycles. The van der Waals surface area contributed by atoms with Gasteiger partial charge in [-0.25, -0.2) is 8.78 Å². The van der Waals surface area contributed by atoms with E-state index in [0.717, 1.165) is 0 Å². The predicted octanol–water partition coefficient (Wildman–Crippen LogP) is 3.69. The number of carbonyl (C=O) groups excluding carboxylic acids is 1. The van der Waals surface area contributed by atoms with E-state index in [0.29, 0.717) is 41.9 Å². The van der Waals surface area contributed by atoms with Crippen LogP contribution in [0.1, 0.15) is 10.4 Å². The number of amides is 1. The first-order chi connectivity index (χ1) is 11.1. The van der Waals surface area contributed by atoms with Gasteiger partial charge in [-0.05, 0) is 46.3 Å². The number of rotatable bonds is 2. The second-order valence-electron chi connectivity index (χ2n) is 5.35. The summed E-state index contributed by atoms with van der Waals surface area (Å²) in [6.45, 7) is 2.12. The van der Waals surface area contributed by atoms with E-state index in [1.54, 1.807) is 23.1 Å². The van der Waals surface area contributed by atoms with Crippen molar-refractivity contribution < 1.29 is 13.6 Å². The van der Waals surface area contributed by atoms with Crippen LogP contribution in [0.4, 0.5) is 14.5 Å². The van der Waals surface area contributed by atoms with Gasteiger partial charge >= 0.3 is 0 Å². The van der Waals surface area contributed by atoms with E-state index in [-0.39, 0.29) is 11.7 Å². The zero-order valence-corrected chi connectivity index (χ0v) is 13.9. The largest absolute Gasteiger partial charge is 0.366 e. The molecule has 0 N–H and O–H groups in total. The Morgan fingerprint density at radius 2 is 1.70 bits per heavy atom. The van der Waals surface area contributed by atoms with E-state index in [1.807, 2.05) is 4.90 Å². The van der Waals surface area contributed by atoms with Crippen LogP contribution < -0.4 is 4.90 Å². The van der Waals surface area contributed by atoms with Gasteiger partial charge in [0, 0.05) is 30.7 Å². The number of para-hydroxylation sites is 1. The molecule has 0 spiro atoms. The summed E-state index contributed by atoms with van der Waals surface area (Å²) in [4.78, 5) is 16.2. The number of piperazine rings is 1. The molecule has 2 aromatic carbocycles. The molecule has 1 aliphatic heterocycles. The molecule has 0 aromatic heterocycles. The summed E-state index contributed by atoms with van der Waals surface area (Å²) in [5.74, 6) is -0.795. The molecule has 6 heteroatoms. The summed E-state index contributed by atoms with van der Waals surface area (Å²) in [5.41, 5.74) is 0.994. The lowest BCUT2D eigenvalue weighted by atomic mass is 10.1. The standard InChI is InChI=1S/C17H15BrF2N2O/c18-14-11-12(19)5-6-13(14)17(23)22-9-7-21(8-10-22)16-4-2-1-3-15(16)20/h1-6,11H,7-10H2. The summed E-state index contributed by atoms with van der Waals surface area (Å²) in [5, 5.41) is 0. The van der Waals surface area contributed by atoms with Crippen molar-refractivity contribution in [3.8, 4) is 0 Å². The molecule has 120 valence electrons. The van der Waals surface area contributed by atoms with Gasteiger partial charge in [-0.3, -0.25) is 4.79 Å². The topological polar surface area (TPSA) is 23.6 Å². The average molecular weight is 381 g/mol. The first-order valence-corrected chi connectivity index (χ1v) is 8.09. The fourth-order valence-electron chi connectivity index (χ4n) is 2.69. The molecule has 1 fully saturated rings. The quantitative estimate of drug-likeness (QED) is 0.792. The number of anilines is 1. The van der Waals surface area contributed by atoms with Crippen molar-refractivity contribution in [2.24, 2.45) is 0 Å². The number of hydrogen-bond acceptors (Lipinski definition) is 2. The van der Waals surface area contributed by atoms with Gasteiger partial charge in [0.1, 0.15) is 11.6 Å². The third kappa shape index (κ3) is 3.37. The zero-order valence-electron chi connectivity index (χ0n) is 12.3. The van der Waals surface area contributed by atoms with Gasteiger partial charge in [0.05, 0.1) is 11.3 Å². The van der Waals surface area contributed by atoms with Crippen LogP contribution >= 0.6 is 15.9 Å². The molecule has 1 aliphatic rings. The highest BCUT2D eigenvalue weighted by Gasteiger charge is 2.24. The van der Waals surface area contributed by atoms with Gasteiger partial charge in [0.2, 0.25) is 0 Å². The van der Waals surface area contributed by atoms with Crippen molar-refractivity contribution in [1.82, 2.24) is 4.90 Å². The van der Waals surface area contributed by atoms with Crippen molar-refractivity contribution in [2.75, 3.05) is 31.1 Å². The molecule has 3 nitrogen and oxygen atoms in total. The molecular formula is C17H15BrF2N2O. The Balaban J connectivity index is 1.69. The fraction of sp³-hybridized carbons (Fsp3) is 0.235. The van der Waals surface area contributed by atoms with Gasteiger partial charge in [0.25, 0.3) is 5.91 Å². The van der Waals surface area contributed by atoms with Crippen LogP contribution in [0.2, 0.25) is 0 Å². The summed E-state index contributed by atoms with van der Waals surface area (Å²) >= 11 is 3.22. The summed E-state index contributed by atoms with van der Waals surface area (Å²) in [7, 11) is 0. The van der Waals surface area contributed by atoms with E-state index in [2.05, 4.69) is 15.9 Å². The Bertz CT molecular complexity index is 730. The van der Waals surface area contributed by atoms with Gasteiger partial charge in [-0.2, -0.15) is 0 Å². The van der Waals surface area contributed by atoms with Gasteiger partial charge < -0.3 is 9.80 Å². The second-order valence-corrected chi connectivity index (χ2v) is 6.21. The van der Waals surface area contributed by atoms with Crippen LogP contribution in [-0.4, -0.2) is 37.0 Å². The highest BCUT2D eigenvalue weighted by Crippen LogP contribution is 2.23. The van der Waals surface area contributed by atoms with Crippen LogP contribution in [0.3, 0.4) is 0 Å². The first-order valence-electron chi connectivity index (χ1n) is 7.30. The van der Waals surface area contributed by atoms with Crippen molar-refractivity contribution in [2.45, 2.75) is 0 Å². The van der Waals surface area contributed by atoms with Crippen LogP contribution in [0.25, 0.3) is 0 Å². The zero-order chi connectivity index (χ0) is 16.4. The monoisotopic (exact) mass is 380 g/mol. The molecule has 0 radical (unpaired) electrons. The molecule has 0 aliphatic carbocycles. The smallest absolute Gasteiger partial charge is 0.255 e. The van der Waals surface area contributed by atoms with Crippen molar-refractivity contribution in [3.05, 3.63) is 64.1 Å². The van der Waals surface area contributed by atoms with E-state index < -0.39 is 5.82 Å². The Morgan fingerprint density at radius 3 is 2.35 bits per heavy atom. The molecule has 23 heavy (non-hydrogen) atoms. The average Bonchev–Trinajstić information content (AvgIpc) is 2.55. The maximum Gasteiger partial charge on any atom is 0.255 e. The Hall–Kier alpha value is -1.95. The highest BCUT2D eigenvalue weighted by atomic mass is 79.9.